The van der Waals surface area contributed by atoms with Crippen LogP contribution in [0.25, 0.3) is 0 Å². The molecule has 3 unspecified atom stereocenters. The van der Waals surface area contributed by atoms with Crippen LogP contribution in [0, 0.1) is 6.92 Å². The minimum atomic E-state index is -0.899. The minimum absolute atomic E-state index is 0.281. The second-order valence-electron chi connectivity index (χ2n) is 9.56. The Hall–Kier alpha value is -2.04. The molecule has 0 aromatic heterocycles. The number of phenolic OH excluding ortho intramolecular Hbond substituents is 1. The summed E-state index contributed by atoms with van der Waals surface area (Å²) in [5.74, 6) is 1.17. The van der Waals surface area contributed by atoms with Crippen molar-refractivity contribution in [1.82, 2.24) is 0 Å². The Morgan fingerprint density at radius 1 is 1.13 bits per heavy atom. The molecule has 1 heterocycles. The molecule has 31 heavy (non-hydrogen) atoms. The van der Waals surface area contributed by atoms with Crippen molar-refractivity contribution in [2.45, 2.75) is 97.9 Å². The fraction of sp³-hybridized carbons (Fsp3) is 0.556. The summed E-state index contributed by atoms with van der Waals surface area (Å²) < 4.78 is 6.34. The molecule has 0 saturated carbocycles. The first-order valence-corrected chi connectivity index (χ1v) is 11.4. The van der Waals surface area contributed by atoms with E-state index in [1.807, 2.05) is 26.8 Å². The topological polar surface area (TPSA) is 69.9 Å². The van der Waals surface area contributed by atoms with Crippen LogP contribution in [-0.2, 0) is 6.42 Å². The van der Waals surface area contributed by atoms with Crippen LogP contribution in [-0.4, -0.2) is 33.1 Å². The van der Waals surface area contributed by atoms with E-state index in [2.05, 4.69) is 26.8 Å². The first-order valence-electron chi connectivity index (χ1n) is 11.4. The van der Waals surface area contributed by atoms with Crippen LogP contribution < -0.4 is 4.74 Å². The Morgan fingerprint density at radius 2 is 1.84 bits per heavy atom. The largest absolute Gasteiger partial charge is 0.508 e. The van der Waals surface area contributed by atoms with Gasteiger partial charge in [0.2, 0.25) is 0 Å². The van der Waals surface area contributed by atoms with Crippen LogP contribution in [0.5, 0.6) is 11.5 Å². The monoisotopic (exact) mass is 428 g/mol. The molecule has 0 saturated heterocycles. The summed E-state index contributed by atoms with van der Waals surface area (Å²) in [5, 5.41) is 30.7. The zero-order valence-corrected chi connectivity index (χ0v) is 20.0. The summed E-state index contributed by atoms with van der Waals surface area (Å²) >= 11 is 0. The molecule has 2 rings (SSSR count). The first-order chi connectivity index (χ1) is 14.5. The Labute approximate surface area is 188 Å². The fourth-order valence-corrected chi connectivity index (χ4v) is 4.08. The van der Waals surface area contributed by atoms with Crippen molar-refractivity contribution in [3.8, 4) is 11.5 Å². The van der Waals surface area contributed by atoms with Crippen LogP contribution in [0.3, 0.4) is 0 Å². The van der Waals surface area contributed by atoms with E-state index in [0.717, 1.165) is 66.5 Å². The number of benzene rings is 1. The molecule has 3 atom stereocenters. The molecule has 3 N–H and O–H groups in total. The third-order valence-electron chi connectivity index (χ3n) is 6.08. The smallest absolute Gasteiger partial charge is 0.126 e. The molecule has 0 fully saturated rings. The van der Waals surface area contributed by atoms with Gasteiger partial charge in [-0.1, -0.05) is 29.4 Å². The number of rotatable bonds is 9. The van der Waals surface area contributed by atoms with Gasteiger partial charge in [-0.25, -0.2) is 0 Å². The van der Waals surface area contributed by atoms with Gasteiger partial charge in [-0.05, 0) is 109 Å². The van der Waals surface area contributed by atoms with Gasteiger partial charge in [-0.3, -0.25) is 0 Å². The number of hydrogen-bond acceptors (Lipinski definition) is 4. The van der Waals surface area contributed by atoms with Crippen LogP contribution in [0.4, 0.5) is 0 Å². The third-order valence-corrected chi connectivity index (χ3v) is 6.08. The number of ether oxygens (including phenoxy) is 1. The van der Waals surface area contributed by atoms with Gasteiger partial charge in [0.25, 0.3) is 0 Å². The van der Waals surface area contributed by atoms with Gasteiger partial charge in [0.05, 0.1) is 0 Å². The Morgan fingerprint density at radius 3 is 2.52 bits per heavy atom. The Balaban J connectivity index is 1.92. The quantitative estimate of drug-likeness (QED) is 0.427. The van der Waals surface area contributed by atoms with E-state index in [-0.39, 0.29) is 11.4 Å². The van der Waals surface area contributed by atoms with E-state index in [1.165, 1.54) is 5.57 Å². The molecule has 0 bridgehead atoms. The average molecular weight is 429 g/mol. The summed E-state index contributed by atoms with van der Waals surface area (Å²) in [6.45, 7) is 12.1. The highest BCUT2D eigenvalue weighted by molar-refractivity contribution is 5.47. The van der Waals surface area contributed by atoms with Crippen molar-refractivity contribution < 1.29 is 20.1 Å². The third kappa shape index (κ3) is 7.55. The lowest BCUT2D eigenvalue weighted by atomic mass is 9.87. The lowest BCUT2D eigenvalue weighted by molar-refractivity contribution is 0.0554. The Kier molecular flexibility index (Phi) is 8.96. The highest BCUT2D eigenvalue weighted by Gasteiger charge is 2.32. The van der Waals surface area contributed by atoms with Gasteiger partial charge in [0.1, 0.15) is 29.3 Å². The number of hydrogen-bond donors (Lipinski definition) is 3. The van der Waals surface area contributed by atoms with Crippen molar-refractivity contribution in [1.29, 1.82) is 0 Å². The van der Waals surface area contributed by atoms with Crippen LogP contribution in [0.2, 0.25) is 0 Å². The lowest BCUT2D eigenvalue weighted by Crippen LogP contribution is -2.36. The summed E-state index contributed by atoms with van der Waals surface area (Å²) in [4.78, 5) is 0. The average Bonchev–Trinajstić information content (AvgIpc) is 2.67. The summed E-state index contributed by atoms with van der Waals surface area (Å²) in [6, 6.07) is 3.53. The fourth-order valence-electron chi connectivity index (χ4n) is 4.08. The number of aromatic hydroxyl groups is 1. The minimum Gasteiger partial charge on any atom is -0.508 e. The first kappa shape index (κ1) is 25.2. The van der Waals surface area contributed by atoms with Crippen molar-refractivity contribution in [2.24, 2.45) is 0 Å². The van der Waals surface area contributed by atoms with Crippen molar-refractivity contribution in [3.63, 3.8) is 0 Å². The molecule has 0 radical (unpaired) electrons. The zero-order valence-electron chi connectivity index (χ0n) is 20.0. The van der Waals surface area contributed by atoms with E-state index < -0.39 is 12.2 Å². The van der Waals surface area contributed by atoms with Crippen LogP contribution in [0.1, 0.15) is 77.8 Å². The molecule has 4 nitrogen and oxygen atoms in total. The number of aliphatic hydroxyl groups excluding tert-OH is 2. The van der Waals surface area contributed by atoms with E-state index in [4.69, 9.17) is 4.74 Å². The van der Waals surface area contributed by atoms with E-state index >= 15 is 0 Å². The summed E-state index contributed by atoms with van der Waals surface area (Å²) in [7, 11) is 0. The molecule has 1 aromatic carbocycles. The molecule has 0 aliphatic carbocycles. The molecular weight excluding hydrogens is 388 g/mol. The van der Waals surface area contributed by atoms with Gasteiger partial charge in [-0.15, -0.1) is 0 Å². The number of aryl methyl sites for hydroxylation is 2. The normalized spacial score (nSPS) is 21.2. The molecule has 0 amide bonds. The molecule has 4 heteroatoms. The predicted molar refractivity (Wildman–Crippen MR) is 128 cm³/mol. The van der Waals surface area contributed by atoms with E-state index in [0.29, 0.717) is 0 Å². The SMILES string of the molecule is CC(C)=CCCC(C)=CC(O)C(O)C(C)=CCCC1(C)CCc2cc(O)cc(C)c2O1. The van der Waals surface area contributed by atoms with Gasteiger partial charge in [0, 0.05) is 0 Å². The second-order valence-corrected chi connectivity index (χ2v) is 9.56. The summed E-state index contributed by atoms with van der Waals surface area (Å²) in [5.41, 5.74) is 4.89. The van der Waals surface area contributed by atoms with Crippen molar-refractivity contribution in [3.05, 3.63) is 58.2 Å². The maximum Gasteiger partial charge on any atom is 0.126 e. The highest BCUT2D eigenvalue weighted by Crippen LogP contribution is 2.39. The highest BCUT2D eigenvalue weighted by atomic mass is 16.5. The van der Waals surface area contributed by atoms with Gasteiger partial charge in [0.15, 0.2) is 0 Å². The van der Waals surface area contributed by atoms with Crippen molar-refractivity contribution >= 4 is 0 Å². The zero-order chi connectivity index (χ0) is 23.2. The van der Waals surface area contributed by atoms with Crippen LogP contribution in [0.15, 0.2) is 47.1 Å². The molecule has 1 aliphatic rings. The number of phenols is 1. The number of allylic oxidation sites excluding steroid dienone is 4. The lowest BCUT2D eigenvalue weighted by Gasteiger charge is -2.36. The molecule has 0 spiro atoms. The Bertz CT molecular complexity index is 845. The molecule has 1 aliphatic heterocycles. The molecule has 1 aromatic rings. The van der Waals surface area contributed by atoms with Crippen molar-refractivity contribution in [2.75, 3.05) is 0 Å². The van der Waals surface area contributed by atoms with Gasteiger partial charge in [-0.2, -0.15) is 0 Å². The molecular formula is C27H40O4. The van der Waals surface area contributed by atoms with Crippen LogP contribution >= 0.6 is 0 Å². The summed E-state index contributed by atoms with van der Waals surface area (Å²) in [6.07, 6.45) is 9.34. The second kappa shape index (κ2) is 11.0. The van der Waals surface area contributed by atoms with Gasteiger partial charge < -0.3 is 20.1 Å². The maximum absolute atomic E-state index is 10.5. The number of aliphatic hydroxyl groups is 2. The standard InChI is InChI=1S/C27H40O4/c1-18(2)9-7-10-19(3)15-24(29)25(30)20(4)11-8-13-27(6)14-12-22-17-23(28)16-21(5)26(22)31-27/h9,11,15-17,24-25,28-30H,7-8,10,12-14H2,1-6H3. The number of fused-ring (bicyclic) bond motifs is 1. The maximum atomic E-state index is 10.5. The predicted octanol–water partition coefficient (Wildman–Crippen LogP) is 5.93. The van der Waals surface area contributed by atoms with E-state index in [1.54, 1.807) is 18.2 Å². The molecule has 172 valence electrons. The van der Waals surface area contributed by atoms with Gasteiger partial charge >= 0.3 is 0 Å². The van der Waals surface area contributed by atoms with E-state index in [9.17, 15) is 15.3 Å².